The zero-order valence-corrected chi connectivity index (χ0v) is 22.8. The normalized spacial score (nSPS) is 11.9. The van der Waals surface area contributed by atoms with Crippen LogP contribution in [-0.4, -0.2) is 34.6 Å². The monoisotopic (exact) mass is 566 g/mol. The van der Waals surface area contributed by atoms with Gasteiger partial charge >= 0.3 is 0 Å². The second kappa shape index (κ2) is 12.7. The first kappa shape index (κ1) is 28.0. The van der Waals surface area contributed by atoms with Gasteiger partial charge in [0.25, 0.3) is 0 Å². The Balaban J connectivity index is 1.64. The molecule has 0 spiro atoms. The Bertz CT molecular complexity index is 1530. The van der Waals surface area contributed by atoms with Gasteiger partial charge in [-0.15, -0.1) is 0 Å². The summed E-state index contributed by atoms with van der Waals surface area (Å²) in [6, 6.07) is 26.0. The maximum absolute atomic E-state index is 13.6. The Morgan fingerprint density at radius 2 is 1.46 bits per heavy atom. The summed E-state index contributed by atoms with van der Waals surface area (Å²) in [7, 11) is -1.28. The van der Waals surface area contributed by atoms with Gasteiger partial charge in [0.15, 0.2) is 17.2 Å². The number of amides is 1. The highest BCUT2D eigenvalue weighted by molar-refractivity contribution is 7.89. The predicted molar refractivity (Wildman–Crippen MR) is 150 cm³/mol. The van der Waals surface area contributed by atoms with Gasteiger partial charge in [0, 0.05) is 11.1 Å². The van der Waals surface area contributed by atoms with Gasteiger partial charge < -0.3 is 19.5 Å². The van der Waals surface area contributed by atoms with E-state index in [4.69, 9.17) is 25.8 Å². The summed E-state index contributed by atoms with van der Waals surface area (Å²) in [6.07, 6.45) is 0.0919. The molecular weight excluding hydrogens is 540 g/mol. The summed E-state index contributed by atoms with van der Waals surface area (Å²) < 4.78 is 45.7. The molecule has 0 fully saturated rings. The number of para-hydroxylation sites is 1. The van der Waals surface area contributed by atoms with Gasteiger partial charge in [-0.05, 0) is 54.4 Å². The second-order valence-electron chi connectivity index (χ2n) is 8.43. The molecule has 0 saturated heterocycles. The number of carbonyl (C=O) groups excluding carboxylic acids is 1. The Morgan fingerprint density at radius 1 is 0.821 bits per heavy atom. The molecule has 0 bridgehead atoms. The second-order valence-corrected chi connectivity index (χ2v) is 10.6. The molecule has 4 rings (SSSR count). The average Bonchev–Trinajstić information content (AvgIpc) is 2.94. The van der Waals surface area contributed by atoms with E-state index in [1.54, 1.807) is 30.3 Å². The lowest BCUT2D eigenvalue weighted by Crippen LogP contribution is -2.45. The lowest BCUT2D eigenvalue weighted by Gasteiger charge is -2.20. The van der Waals surface area contributed by atoms with Crippen molar-refractivity contribution in [3.63, 3.8) is 0 Å². The molecule has 0 heterocycles. The summed E-state index contributed by atoms with van der Waals surface area (Å²) in [4.78, 5) is 13.5. The molecule has 39 heavy (non-hydrogen) atoms. The van der Waals surface area contributed by atoms with Crippen molar-refractivity contribution in [2.75, 3.05) is 19.5 Å². The highest BCUT2D eigenvalue weighted by atomic mass is 35.5. The van der Waals surface area contributed by atoms with Crippen molar-refractivity contribution in [1.29, 1.82) is 0 Å². The molecule has 0 aliphatic heterocycles. The molecule has 10 heteroatoms. The first-order valence-corrected chi connectivity index (χ1v) is 13.8. The summed E-state index contributed by atoms with van der Waals surface area (Å²) in [6.45, 7) is 0. The van der Waals surface area contributed by atoms with Crippen LogP contribution in [0.3, 0.4) is 0 Å². The minimum absolute atomic E-state index is 0.0816. The number of benzene rings is 4. The van der Waals surface area contributed by atoms with E-state index in [1.807, 2.05) is 48.5 Å². The van der Waals surface area contributed by atoms with E-state index < -0.39 is 22.0 Å². The highest BCUT2D eigenvalue weighted by Crippen LogP contribution is 2.33. The third kappa shape index (κ3) is 7.29. The number of anilines is 1. The number of ether oxygens (including phenoxy) is 3. The molecule has 8 nitrogen and oxygen atoms in total. The number of carbonyl (C=O) groups is 1. The first-order chi connectivity index (χ1) is 18.8. The average molecular weight is 567 g/mol. The maximum atomic E-state index is 13.6. The topological polar surface area (TPSA) is 103 Å². The van der Waals surface area contributed by atoms with Crippen LogP contribution in [0.2, 0.25) is 5.02 Å². The van der Waals surface area contributed by atoms with Crippen LogP contribution in [0, 0.1) is 0 Å². The van der Waals surface area contributed by atoms with E-state index in [-0.39, 0.29) is 17.1 Å². The van der Waals surface area contributed by atoms with E-state index in [2.05, 4.69) is 10.0 Å². The molecule has 0 aromatic heterocycles. The summed E-state index contributed by atoms with van der Waals surface area (Å²) in [5, 5.41) is 3.16. The van der Waals surface area contributed by atoms with Gasteiger partial charge in [-0.25, -0.2) is 8.42 Å². The molecule has 0 saturated carbocycles. The Labute approximate surface area is 232 Å². The van der Waals surface area contributed by atoms with Gasteiger partial charge in [-0.2, -0.15) is 4.72 Å². The Morgan fingerprint density at radius 3 is 2.13 bits per heavy atom. The molecule has 0 aliphatic carbocycles. The number of hydrogen-bond acceptors (Lipinski definition) is 6. The summed E-state index contributed by atoms with van der Waals surface area (Å²) >= 11 is 6.21. The van der Waals surface area contributed by atoms with Crippen LogP contribution in [0.5, 0.6) is 23.0 Å². The number of rotatable bonds is 11. The zero-order chi connectivity index (χ0) is 27.8. The van der Waals surface area contributed by atoms with Crippen molar-refractivity contribution < 1.29 is 27.4 Å². The molecule has 0 radical (unpaired) electrons. The largest absolute Gasteiger partial charge is 0.493 e. The summed E-state index contributed by atoms with van der Waals surface area (Å²) in [5.74, 6) is 0.932. The summed E-state index contributed by atoms with van der Waals surface area (Å²) in [5.41, 5.74) is 1.05. The van der Waals surface area contributed by atoms with Crippen molar-refractivity contribution in [1.82, 2.24) is 4.72 Å². The molecule has 4 aromatic carbocycles. The molecule has 2 N–H and O–H groups in total. The minimum atomic E-state index is -4.15. The Kier molecular flexibility index (Phi) is 9.08. The predicted octanol–water partition coefficient (Wildman–Crippen LogP) is 5.68. The minimum Gasteiger partial charge on any atom is -0.493 e. The number of nitrogens with one attached hydrogen (secondary N) is 2. The third-order valence-corrected chi connectivity index (χ3v) is 7.44. The molecule has 1 atom stereocenters. The van der Waals surface area contributed by atoms with E-state index in [9.17, 15) is 13.2 Å². The van der Waals surface area contributed by atoms with Crippen molar-refractivity contribution in [3.8, 4) is 23.0 Å². The fourth-order valence-corrected chi connectivity index (χ4v) is 5.18. The van der Waals surface area contributed by atoms with E-state index >= 15 is 0 Å². The number of halogens is 1. The van der Waals surface area contributed by atoms with Gasteiger partial charge in [-0.3, -0.25) is 4.79 Å². The van der Waals surface area contributed by atoms with E-state index in [0.29, 0.717) is 28.0 Å². The van der Waals surface area contributed by atoms with Crippen LogP contribution >= 0.6 is 11.6 Å². The molecule has 1 amide bonds. The van der Waals surface area contributed by atoms with E-state index in [0.717, 1.165) is 5.56 Å². The number of hydrogen-bond donors (Lipinski definition) is 2. The molecule has 4 aromatic rings. The van der Waals surface area contributed by atoms with Gasteiger partial charge in [-0.1, -0.05) is 60.1 Å². The maximum Gasteiger partial charge on any atom is 0.243 e. The van der Waals surface area contributed by atoms with E-state index in [1.165, 1.54) is 32.4 Å². The fourth-order valence-electron chi connectivity index (χ4n) is 3.80. The van der Waals surface area contributed by atoms with Crippen molar-refractivity contribution in [2.24, 2.45) is 0 Å². The SMILES string of the molecule is COc1ccc(S(=O)(=O)N[C@@H](Cc2ccccc2)C(=O)Nc2cc(Cl)ccc2Oc2ccccc2)cc1OC. The lowest BCUT2D eigenvalue weighted by atomic mass is 10.1. The molecule has 0 aliphatic rings. The Hall–Kier alpha value is -4.05. The zero-order valence-electron chi connectivity index (χ0n) is 21.3. The fraction of sp³-hybridized carbons (Fsp3) is 0.138. The van der Waals surface area contributed by atoms with Crippen LogP contribution in [0.4, 0.5) is 5.69 Å². The van der Waals surface area contributed by atoms with Crippen LogP contribution < -0.4 is 24.2 Å². The third-order valence-electron chi connectivity index (χ3n) is 5.73. The lowest BCUT2D eigenvalue weighted by molar-refractivity contribution is -0.117. The molecular formula is C29H27ClN2O6S. The first-order valence-electron chi connectivity index (χ1n) is 11.9. The highest BCUT2D eigenvalue weighted by Gasteiger charge is 2.28. The van der Waals surface area contributed by atoms with Crippen LogP contribution in [0.15, 0.2) is 102 Å². The van der Waals surface area contributed by atoms with Crippen molar-refractivity contribution in [3.05, 3.63) is 108 Å². The van der Waals surface area contributed by atoms with Crippen LogP contribution in [0.25, 0.3) is 0 Å². The van der Waals surface area contributed by atoms with Crippen molar-refractivity contribution >= 4 is 33.2 Å². The number of sulfonamides is 1. The van der Waals surface area contributed by atoms with Crippen LogP contribution in [-0.2, 0) is 21.2 Å². The number of methoxy groups -OCH3 is 2. The van der Waals surface area contributed by atoms with Gasteiger partial charge in [0.2, 0.25) is 15.9 Å². The molecule has 202 valence electrons. The van der Waals surface area contributed by atoms with Gasteiger partial charge in [0.05, 0.1) is 24.8 Å². The smallest absolute Gasteiger partial charge is 0.243 e. The quantitative estimate of drug-likeness (QED) is 0.242. The molecule has 0 unspecified atom stereocenters. The standard InChI is InChI=1S/C29H27ClN2O6S/c1-36-27-16-14-23(19-28(27)37-2)39(34,35)32-25(17-20-9-5-3-6-10-20)29(33)31-24-18-21(30)13-15-26(24)38-22-11-7-4-8-12-22/h3-16,18-19,25,32H,17H2,1-2H3,(H,31,33)/t25-/m0/s1. The van der Waals surface area contributed by atoms with Gasteiger partial charge in [0.1, 0.15) is 11.8 Å². The van der Waals surface area contributed by atoms with Crippen LogP contribution in [0.1, 0.15) is 5.56 Å². The van der Waals surface area contributed by atoms with Crippen molar-refractivity contribution in [2.45, 2.75) is 17.4 Å².